The number of rotatable bonds is 2. The maximum Gasteiger partial charge on any atom is 0.275 e. The fourth-order valence-corrected chi connectivity index (χ4v) is 3.62. The van der Waals surface area contributed by atoms with Gasteiger partial charge in [0.1, 0.15) is 0 Å². The molecular formula is C13H16N4OS. The lowest BCUT2D eigenvalue weighted by Gasteiger charge is -2.22. The molecule has 5 nitrogen and oxygen atoms in total. The zero-order valence-electron chi connectivity index (χ0n) is 10.7. The summed E-state index contributed by atoms with van der Waals surface area (Å²) in [7, 11) is 1.85. The smallest absolute Gasteiger partial charge is 0.275 e. The Hall–Kier alpha value is -1.69. The van der Waals surface area contributed by atoms with Gasteiger partial charge in [-0.3, -0.25) is 9.89 Å². The molecule has 100 valence electrons. The lowest BCUT2D eigenvalue weighted by molar-refractivity contribution is 0.0744. The Morgan fingerprint density at radius 1 is 1.58 bits per heavy atom. The van der Waals surface area contributed by atoms with Gasteiger partial charge in [-0.25, -0.2) is 0 Å². The van der Waals surface area contributed by atoms with Crippen molar-refractivity contribution in [1.29, 1.82) is 0 Å². The molecule has 1 aromatic heterocycles. The third kappa shape index (κ3) is 2.16. The molecular weight excluding hydrogens is 260 g/mol. The van der Waals surface area contributed by atoms with Crippen LogP contribution in [0.15, 0.2) is 18.2 Å². The van der Waals surface area contributed by atoms with Gasteiger partial charge < -0.3 is 10.6 Å². The molecule has 2 aromatic rings. The first-order valence-electron chi connectivity index (χ1n) is 6.25. The Balaban J connectivity index is 1.94. The molecule has 0 spiro atoms. The molecule has 1 aromatic carbocycles. The van der Waals surface area contributed by atoms with Crippen LogP contribution in [-0.2, 0) is 0 Å². The number of aromatic nitrogens is 2. The third-order valence-electron chi connectivity index (χ3n) is 3.56. The fraction of sp³-hybridized carbons (Fsp3) is 0.385. The lowest BCUT2D eigenvalue weighted by atomic mass is 10.1. The van der Waals surface area contributed by atoms with Crippen LogP contribution < -0.4 is 5.73 Å². The summed E-state index contributed by atoms with van der Waals surface area (Å²) >= 11 is 1.89. The maximum absolute atomic E-state index is 12.5. The first-order chi connectivity index (χ1) is 9.16. The number of fused-ring (bicyclic) bond motifs is 1. The van der Waals surface area contributed by atoms with E-state index in [1.807, 2.05) is 24.9 Å². The molecule has 1 atom stereocenters. The second-order valence-electron chi connectivity index (χ2n) is 4.81. The summed E-state index contributed by atoms with van der Waals surface area (Å²) in [5.74, 6) is 2.09. The molecule has 1 amide bonds. The van der Waals surface area contributed by atoms with Gasteiger partial charge in [0.25, 0.3) is 5.91 Å². The van der Waals surface area contributed by atoms with Crippen LogP contribution in [0.2, 0.25) is 0 Å². The van der Waals surface area contributed by atoms with Crippen molar-refractivity contribution in [3.05, 3.63) is 23.9 Å². The van der Waals surface area contributed by atoms with Gasteiger partial charge in [-0.15, -0.1) is 0 Å². The number of benzene rings is 1. The van der Waals surface area contributed by atoms with E-state index in [0.29, 0.717) is 17.4 Å². The number of nitrogens with two attached hydrogens (primary N) is 1. The van der Waals surface area contributed by atoms with Gasteiger partial charge in [0.15, 0.2) is 5.69 Å². The number of H-pyrrole nitrogens is 1. The van der Waals surface area contributed by atoms with Crippen molar-refractivity contribution in [2.75, 3.05) is 24.3 Å². The fourth-order valence-electron chi connectivity index (χ4n) is 2.36. The monoisotopic (exact) mass is 276 g/mol. The first-order valence-corrected chi connectivity index (χ1v) is 7.41. The van der Waals surface area contributed by atoms with Crippen LogP contribution in [0.5, 0.6) is 0 Å². The Morgan fingerprint density at radius 2 is 2.42 bits per heavy atom. The highest BCUT2D eigenvalue weighted by Gasteiger charge is 2.27. The van der Waals surface area contributed by atoms with Crippen molar-refractivity contribution in [2.45, 2.75) is 12.5 Å². The Bertz CT molecular complexity index is 618. The zero-order chi connectivity index (χ0) is 13.4. The van der Waals surface area contributed by atoms with Crippen LogP contribution in [0.1, 0.15) is 16.9 Å². The third-order valence-corrected chi connectivity index (χ3v) is 4.71. The summed E-state index contributed by atoms with van der Waals surface area (Å²) in [6.07, 6.45) is 1.05. The van der Waals surface area contributed by atoms with E-state index >= 15 is 0 Å². The minimum Gasteiger partial charge on any atom is -0.399 e. The summed E-state index contributed by atoms with van der Waals surface area (Å²) in [6.45, 7) is 0. The highest BCUT2D eigenvalue weighted by Crippen LogP contribution is 2.25. The SMILES string of the molecule is CN(C(=O)c1n[nH]c2ccc(N)cc12)C1CCSC1. The largest absolute Gasteiger partial charge is 0.399 e. The molecule has 19 heavy (non-hydrogen) atoms. The number of nitrogens with zero attached hydrogens (tertiary/aromatic N) is 2. The topological polar surface area (TPSA) is 75.0 Å². The average molecular weight is 276 g/mol. The maximum atomic E-state index is 12.5. The van der Waals surface area contributed by atoms with Gasteiger partial charge in [-0.2, -0.15) is 16.9 Å². The van der Waals surface area contributed by atoms with Gasteiger partial charge in [0.05, 0.1) is 5.52 Å². The van der Waals surface area contributed by atoms with Crippen molar-refractivity contribution < 1.29 is 4.79 Å². The van der Waals surface area contributed by atoms with E-state index in [1.165, 1.54) is 0 Å². The number of hydrogen-bond acceptors (Lipinski definition) is 4. The lowest BCUT2D eigenvalue weighted by Crippen LogP contribution is -2.37. The molecule has 6 heteroatoms. The molecule has 1 fully saturated rings. The molecule has 1 saturated heterocycles. The van der Waals surface area contributed by atoms with Crippen molar-refractivity contribution >= 4 is 34.3 Å². The van der Waals surface area contributed by atoms with E-state index in [-0.39, 0.29) is 5.91 Å². The number of thioether (sulfide) groups is 1. The van der Waals surface area contributed by atoms with Crippen LogP contribution in [-0.4, -0.2) is 45.6 Å². The van der Waals surface area contributed by atoms with Crippen molar-refractivity contribution in [1.82, 2.24) is 15.1 Å². The minimum atomic E-state index is -0.0376. The molecule has 3 N–H and O–H groups in total. The number of carbonyl (C=O) groups is 1. The van der Waals surface area contributed by atoms with E-state index < -0.39 is 0 Å². The number of amides is 1. The second-order valence-corrected chi connectivity index (χ2v) is 5.96. The van der Waals surface area contributed by atoms with Crippen LogP contribution in [0.4, 0.5) is 5.69 Å². The number of hydrogen-bond donors (Lipinski definition) is 2. The normalized spacial score (nSPS) is 18.9. The van der Waals surface area contributed by atoms with E-state index in [1.54, 1.807) is 17.0 Å². The van der Waals surface area contributed by atoms with E-state index in [9.17, 15) is 4.79 Å². The molecule has 0 saturated carbocycles. The van der Waals surface area contributed by atoms with Gasteiger partial charge in [-0.05, 0) is 30.4 Å². The van der Waals surface area contributed by atoms with Crippen LogP contribution in [0.3, 0.4) is 0 Å². The predicted octanol–water partition coefficient (Wildman–Crippen LogP) is 1.72. The Kier molecular flexibility index (Phi) is 3.10. The van der Waals surface area contributed by atoms with Crippen LogP contribution in [0.25, 0.3) is 10.9 Å². The molecule has 3 rings (SSSR count). The number of aromatic amines is 1. The zero-order valence-corrected chi connectivity index (χ0v) is 11.5. The quantitative estimate of drug-likeness (QED) is 0.819. The van der Waals surface area contributed by atoms with Crippen molar-refractivity contribution in [3.63, 3.8) is 0 Å². The van der Waals surface area contributed by atoms with Gasteiger partial charge >= 0.3 is 0 Å². The predicted molar refractivity (Wildman–Crippen MR) is 78.3 cm³/mol. The number of anilines is 1. The highest BCUT2D eigenvalue weighted by molar-refractivity contribution is 7.99. The van der Waals surface area contributed by atoms with Gasteiger partial charge in [-0.1, -0.05) is 0 Å². The summed E-state index contributed by atoms with van der Waals surface area (Å²) in [6, 6.07) is 5.75. The molecule has 2 heterocycles. The number of nitrogen functional groups attached to an aromatic ring is 1. The molecule has 0 aliphatic carbocycles. The number of carbonyl (C=O) groups excluding carboxylic acids is 1. The molecule has 1 aliphatic heterocycles. The van der Waals surface area contributed by atoms with Gasteiger partial charge in [0.2, 0.25) is 0 Å². The van der Waals surface area contributed by atoms with Crippen molar-refractivity contribution in [3.8, 4) is 0 Å². The molecule has 1 aliphatic rings. The van der Waals surface area contributed by atoms with Crippen LogP contribution >= 0.6 is 11.8 Å². The molecule has 1 unspecified atom stereocenters. The summed E-state index contributed by atoms with van der Waals surface area (Å²) in [5.41, 5.74) is 7.72. The number of nitrogens with one attached hydrogen (secondary N) is 1. The summed E-state index contributed by atoms with van der Waals surface area (Å²) in [4.78, 5) is 14.3. The Labute approximate surface area is 115 Å². The van der Waals surface area contributed by atoms with Crippen LogP contribution in [0, 0.1) is 0 Å². The minimum absolute atomic E-state index is 0.0376. The average Bonchev–Trinajstić information content (AvgIpc) is 3.05. The first kappa shape index (κ1) is 12.3. The van der Waals surface area contributed by atoms with Crippen molar-refractivity contribution in [2.24, 2.45) is 0 Å². The molecule has 0 bridgehead atoms. The standard InChI is InChI=1S/C13H16N4OS/c1-17(9-4-5-19-7-9)13(18)12-10-6-8(14)2-3-11(10)15-16-12/h2-3,6,9H,4-5,7,14H2,1H3,(H,15,16). The van der Waals surface area contributed by atoms with E-state index in [4.69, 9.17) is 5.73 Å². The summed E-state index contributed by atoms with van der Waals surface area (Å²) < 4.78 is 0. The van der Waals surface area contributed by atoms with Gasteiger partial charge in [0, 0.05) is 29.9 Å². The molecule has 0 radical (unpaired) electrons. The van der Waals surface area contributed by atoms with E-state index in [0.717, 1.165) is 28.8 Å². The highest BCUT2D eigenvalue weighted by atomic mass is 32.2. The van der Waals surface area contributed by atoms with E-state index in [2.05, 4.69) is 10.2 Å². The Morgan fingerprint density at radius 3 is 3.16 bits per heavy atom. The summed E-state index contributed by atoms with van der Waals surface area (Å²) in [5, 5.41) is 7.83. The second kappa shape index (κ2) is 4.77.